The zero-order valence-corrected chi connectivity index (χ0v) is 11.0. The van der Waals surface area contributed by atoms with Crippen molar-refractivity contribution in [2.24, 2.45) is 0 Å². The molecule has 1 saturated heterocycles. The minimum atomic E-state index is 0.175. The van der Waals surface area contributed by atoms with Crippen molar-refractivity contribution in [2.45, 2.75) is 25.4 Å². The van der Waals surface area contributed by atoms with Gasteiger partial charge in [0.15, 0.2) is 5.78 Å². The molecule has 3 nitrogen and oxygen atoms in total. The summed E-state index contributed by atoms with van der Waals surface area (Å²) in [6.07, 6.45) is 3.82. The number of ketones is 1. The van der Waals surface area contributed by atoms with E-state index >= 15 is 0 Å². The number of hydrogen-bond acceptors (Lipinski definition) is 3. The van der Waals surface area contributed by atoms with E-state index in [9.17, 15) is 4.79 Å². The standard InChI is InChI=1S/C15H21NO2/c1-16(11-14-9-5-6-10-18-14)12-15(17)13-7-3-2-4-8-13/h2-4,7-8,14H,5-6,9-12H2,1H3. The van der Waals surface area contributed by atoms with Crippen LogP contribution in [0.25, 0.3) is 0 Å². The van der Waals surface area contributed by atoms with Gasteiger partial charge in [0, 0.05) is 18.7 Å². The number of nitrogens with zero attached hydrogens (tertiary/aromatic N) is 1. The molecule has 0 spiro atoms. The Morgan fingerprint density at radius 1 is 1.33 bits per heavy atom. The highest BCUT2D eigenvalue weighted by molar-refractivity contribution is 5.97. The van der Waals surface area contributed by atoms with E-state index < -0.39 is 0 Å². The molecule has 0 radical (unpaired) electrons. The van der Waals surface area contributed by atoms with Crippen LogP contribution in [0.3, 0.4) is 0 Å². The predicted molar refractivity (Wildman–Crippen MR) is 71.9 cm³/mol. The molecule has 1 unspecified atom stereocenters. The van der Waals surface area contributed by atoms with E-state index in [1.54, 1.807) is 0 Å². The lowest BCUT2D eigenvalue weighted by Gasteiger charge is -2.27. The third kappa shape index (κ3) is 3.93. The van der Waals surface area contributed by atoms with Crippen molar-refractivity contribution in [1.29, 1.82) is 0 Å². The Hall–Kier alpha value is -1.19. The fourth-order valence-corrected chi connectivity index (χ4v) is 2.32. The van der Waals surface area contributed by atoms with E-state index in [-0.39, 0.29) is 5.78 Å². The van der Waals surface area contributed by atoms with E-state index in [1.807, 2.05) is 37.4 Å². The molecule has 18 heavy (non-hydrogen) atoms. The first-order chi connectivity index (χ1) is 8.75. The molecule has 2 rings (SSSR count). The third-order valence-corrected chi connectivity index (χ3v) is 3.30. The Morgan fingerprint density at radius 3 is 2.78 bits per heavy atom. The van der Waals surface area contributed by atoms with Crippen molar-refractivity contribution in [1.82, 2.24) is 4.90 Å². The zero-order chi connectivity index (χ0) is 12.8. The lowest BCUT2D eigenvalue weighted by molar-refractivity contribution is -0.000668. The number of carbonyl (C=O) groups is 1. The number of likely N-dealkylation sites (N-methyl/N-ethyl adjacent to an activating group) is 1. The second kappa shape index (κ2) is 6.66. The van der Waals surface area contributed by atoms with Crippen LogP contribution in [-0.4, -0.2) is 43.5 Å². The molecular formula is C15H21NO2. The highest BCUT2D eigenvalue weighted by atomic mass is 16.5. The van der Waals surface area contributed by atoms with Gasteiger partial charge in [-0.05, 0) is 26.3 Å². The Balaban J connectivity index is 1.80. The van der Waals surface area contributed by atoms with Crippen molar-refractivity contribution >= 4 is 5.78 Å². The summed E-state index contributed by atoms with van der Waals surface area (Å²) in [5.41, 5.74) is 0.786. The molecule has 0 amide bonds. The molecule has 0 N–H and O–H groups in total. The van der Waals surface area contributed by atoms with Crippen molar-refractivity contribution in [3.8, 4) is 0 Å². The lowest BCUT2D eigenvalue weighted by atomic mass is 10.1. The Morgan fingerprint density at radius 2 is 2.11 bits per heavy atom. The van der Waals surface area contributed by atoms with Crippen LogP contribution in [0, 0.1) is 0 Å². The Labute approximate surface area is 109 Å². The van der Waals surface area contributed by atoms with Crippen LogP contribution in [-0.2, 0) is 4.74 Å². The molecule has 1 heterocycles. The highest BCUT2D eigenvalue weighted by Gasteiger charge is 2.17. The van der Waals surface area contributed by atoms with Gasteiger partial charge >= 0.3 is 0 Å². The highest BCUT2D eigenvalue weighted by Crippen LogP contribution is 2.13. The monoisotopic (exact) mass is 247 g/mol. The van der Waals surface area contributed by atoms with Gasteiger partial charge in [-0.2, -0.15) is 0 Å². The van der Waals surface area contributed by atoms with Gasteiger partial charge in [-0.15, -0.1) is 0 Å². The second-order valence-electron chi connectivity index (χ2n) is 4.97. The topological polar surface area (TPSA) is 29.5 Å². The summed E-state index contributed by atoms with van der Waals surface area (Å²) in [4.78, 5) is 14.1. The number of Topliss-reactive ketones (excluding diaryl/α,β-unsaturated/α-hetero) is 1. The molecule has 1 fully saturated rings. The minimum Gasteiger partial charge on any atom is -0.377 e. The van der Waals surface area contributed by atoms with Gasteiger partial charge in [0.05, 0.1) is 12.6 Å². The van der Waals surface area contributed by atoms with Gasteiger partial charge in [0.25, 0.3) is 0 Å². The number of carbonyl (C=O) groups excluding carboxylic acids is 1. The molecular weight excluding hydrogens is 226 g/mol. The van der Waals surface area contributed by atoms with Gasteiger partial charge in [-0.25, -0.2) is 0 Å². The molecule has 3 heteroatoms. The number of hydrogen-bond donors (Lipinski definition) is 0. The van der Waals surface area contributed by atoms with Crippen LogP contribution in [0.2, 0.25) is 0 Å². The summed E-state index contributed by atoms with van der Waals surface area (Å²) in [6.45, 7) is 2.17. The molecule has 1 atom stereocenters. The van der Waals surface area contributed by atoms with Crippen LogP contribution in [0.1, 0.15) is 29.6 Å². The van der Waals surface area contributed by atoms with Gasteiger partial charge < -0.3 is 4.74 Å². The summed E-state index contributed by atoms with van der Waals surface area (Å²) in [6, 6.07) is 9.46. The van der Waals surface area contributed by atoms with E-state index in [1.165, 1.54) is 12.8 Å². The Bertz CT molecular complexity index is 371. The fraction of sp³-hybridized carbons (Fsp3) is 0.533. The summed E-state index contributed by atoms with van der Waals surface area (Å²) in [5, 5.41) is 0. The van der Waals surface area contributed by atoms with E-state index in [0.717, 1.165) is 25.1 Å². The number of rotatable bonds is 5. The van der Waals surface area contributed by atoms with Gasteiger partial charge in [0.2, 0.25) is 0 Å². The average molecular weight is 247 g/mol. The normalized spacial score (nSPS) is 20.0. The molecule has 1 aliphatic rings. The van der Waals surface area contributed by atoms with E-state index in [4.69, 9.17) is 4.74 Å². The molecule has 1 aliphatic heterocycles. The maximum atomic E-state index is 12.0. The zero-order valence-electron chi connectivity index (χ0n) is 11.0. The Kier molecular flexibility index (Phi) is 4.90. The van der Waals surface area contributed by atoms with Crippen LogP contribution in [0.15, 0.2) is 30.3 Å². The van der Waals surface area contributed by atoms with Crippen molar-refractivity contribution in [2.75, 3.05) is 26.7 Å². The van der Waals surface area contributed by atoms with Crippen LogP contribution in [0.5, 0.6) is 0 Å². The maximum absolute atomic E-state index is 12.0. The maximum Gasteiger partial charge on any atom is 0.176 e. The quantitative estimate of drug-likeness (QED) is 0.748. The molecule has 0 saturated carbocycles. The molecule has 0 bridgehead atoms. The largest absolute Gasteiger partial charge is 0.377 e. The molecule has 98 valence electrons. The molecule has 0 aromatic heterocycles. The summed E-state index contributed by atoms with van der Waals surface area (Å²) in [5.74, 6) is 0.175. The SMILES string of the molecule is CN(CC(=O)c1ccccc1)CC1CCCCO1. The molecule has 1 aromatic carbocycles. The van der Waals surface area contributed by atoms with Gasteiger partial charge in [-0.1, -0.05) is 30.3 Å². The summed E-state index contributed by atoms with van der Waals surface area (Å²) in [7, 11) is 1.98. The van der Waals surface area contributed by atoms with Gasteiger partial charge in [0.1, 0.15) is 0 Å². The van der Waals surface area contributed by atoms with Crippen LogP contribution < -0.4 is 0 Å². The summed E-state index contributed by atoms with van der Waals surface area (Å²) < 4.78 is 5.68. The van der Waals surface area contributed by atoms with Crippen molar-refractivity contribution in [3.63, 3.8) is 0 Å². The van der Waals surface area contributed by atoms with E-state index in [0.29, 0.717) is 12.6 Å². The van der Waals surface area contributed by atoms with Gasteiger partial charge in [-0.3, -0.25) is 9.69 Å². The number of ether oxygens (including phenoxy) is 1. The van der Waals surface area contributed by atoms with Crippen molar-refractivity contribution < 1.29 is 9.53 Å². The van der Waals surface area contributed by atoms with Crippen LogP contribution >= 0.6 is 0 Å². The second-order valence-corrected chi connectivity index (χ2v) is 4.97. The minimum absolute atomic E-state index is 0.175. The smallest absolute Gasteiger partial charge is 0.176 e. The first kappa shape index (κ1) is 13.2. The first-order valence-corrected chi connectivity index (χ1v) is 6.64. The fourth-order valence-electron chi connectivity index (χ4n) is 2.32. The molecule has 1 aromatic rings. The lowest BCUT2D eigenvalue weighted by Crippen LogP contribution is -2.36. The summed E-state index contributed by atoms with van der Waals surface area (Å²) >= 11 is 0. The third-order valence-electron chi connectivity index (χ3n) is 3.30. The molecule has 0 aliphatic carbocycles. The van der Waals surface area contributed by atoms with Crippen molar-refractivity contribution in [3.05, 3.63) is 35.9 Å². The average Bonchev–Trinajstić information content (AvgIpc) is 2.40. The predicted octanol–water partition coefficient (Wildman–Crippen LogP) is 2.37. The first-order valence-electron chi connectivity index (χ1n) is 6.64. The number of benzene rings is 1. The van der Waals surface area contributed by atoms with Crippen LogP contribution in [0.4, 0.5) is 0 Å². The van der Waals surface area contributed by atoms with E-state index in [2.05, 4.69) is 4.90 Å².